The van der Waals surface area contributed by atoms with Crippen LogP contribution in [0.2, 0.25) is 0 Å². The van der Waals surface area contributed by atoms with Crippen molar-refractivity contribution < 1.29 is 13.2 Å². The molecule has 8 nitrogen and oxygen atoms in total. The van der Waals surface area contributed by atoms with Crippen molar-refractivity contribution in [1.29, 1.82) is 0 Å². The van der Waals surface area contributed by atoms with Gasteiger partial charge in [0.25, 0.3) is 0 Å². The first kappa shape index (κ1) is 25.9. The van der Waals surface area contributed by atoms with Crippen molar-refractivity contribution in [2.45, 2.75) is 31.2 Å². The quantitative estimate of drug-likeness (QED) is 0.364. The molecule has 4 aromatic rings. The number of carbonyl (C=O) groups is 1. The van der Waals surface area contributed by atoms with Gasteiger partial charge in [0.1, 0.15) is 0 Å². The van der Waals surface area contributed by atoms with Crippen LogP contribution in [0.3, 0.4) is 0 Å². The van der Waals surface area contributed by atoms with Crippen molar-refractivity contribution in [3.63, 3.8) is 0 Å². The van der Waals surface area contributed by atoms with Crippen LogP contribution >= 0.6 is 0 Å². The number of anilines is 1. The molecular formula is C29H33N5O3S. The lowest BCUT2D eigenvalue weighted by Gasteiger charge is -2.24. The molecule has 2 aromatic carbocycles. The molecule has 1 aliphatic heterocycles. The summed E-state index contributed by atoms with van der Waals surface area (Å²) >= 11 is 0. The molecule has 5 rings (SSSR count). The number of amides is 1. The van der Waals surface area contributed by atoms with Crippen LogP contribution in [0.15, 0.2) is 71.9 Å². The van der Waals surface area contributed by atoms with Crippen molar-refractivity contribution in [3.05, 3.63) is 78.1 Å². The van der Waals surface area contributed by atoms with Gasteiger partial charge in [-0.3, -0.25) is 9.78 Å². The molecule has 0 bridgehead atoms. The number of nitrogens with zero attached hydrogens (tertiary/aromatic N) is 4. The zero-order chi connectivity index (χ0) is 26.9. The Hall–Kier alpha value is -3.69. The Kier molecular flexibility index (Phi) is 7.23. The van der Waals surface area contributed by atoms with Crippen LogP contribution in [0, 0.1) is 6.92 Å². The maximum Gasteiger partial charge on any atom is 0.243 e. The van der Waals surface area contributed by atoms with Crippen molar-refractivity contribution in [2.75, 3.05) is 38.6 Å². The number of carbonyl (C=O) groups excluding carboxylic acids is 1. The zero-order valence-electron chi connectivity index (χ0n) is 22.0. The minimum atomic E-state index is -3.91. The second kappa shape index (κ2) is 10.6. The fraction of sp³-hybridized carbons (Fsp3) is 0.310. The summed E-state index contributed by atoms with van der Waals surface area (Å²) in [6.45, 7) is 4.03. The summed E-state index contributed by atoms with van der Waals surface area (Å²) in [6.07, 6.45) is 5.59. The molecule has 38 heavy (non-hydrogen) atoms. The van der Waals surface area contributed by atoms with Gasteiger partial charge in [0.05, 0.1) is 11.4 Å². The van der Waals surface area contributed by atoms with Crippen LogP contribution in [0.5, 0.6) is 0 Å². The third-order valence-electron chi connectivity index (χ3n) is 7.12. The number of rotatable bonds is 8. The number of benzene rings is 2. The number of H-pyrrole nitrogens is 1. The summed E-state index contributed by atoms with van der Waals surface area (Å²) in [4.78, 5) is 24.4. The number of aryl methyl sites for hydroxylation is 1. The van der Waals surface area contributed by atoms with E-state index in [-0.39, 0.29) is 17.3 Å². The Morgan fingerprint density at radius 2 is 1.84 bits per heavy atom. The number of aromatic nitrogens is 2. The van der Waals surface area contributed by atoms with E-state index in [1.165, 1.54) is 11.9 Å². The number of sulfonamides is 1. The third-order valence-corrected chi connectivity index (χ3v) is 8.92. The molecule has 198 valence electrons. The average Bonchev–Trinajstić information content (AvgIpc) is 3.59. The molecule has 0 radical (unpaired) electrons. The molecule has 0 saturated carbocycles. The molecule has 1 N–H and O–H groups in total. The van der Waals surface area contributed by atoms with Crippen LogP contribution < -0.4 is 4.90 Å². The maximum atomic E-state index is 13.6. The Bertz CT molecular complexity index is 1560. The number of nitrogens with one attached hydrogen (secondary N) is 1. The highest BCUT2D eigenvalue weighted by Gasteiger charge is 2.27. The van der Waals surface area contributed by atoms with Crippen molar-refractivity contribution in [3.8, 4) is 11.3 Å². The molecule has 2 aromatic heterocycles. The van der Waals surface area contributed by atoms with Gasteiger partial charge < -0.3 is 14.8 Å². The lowest BCUT2D eigenvalue weighted by Crippen LogP contribution is -2.39. The lowest BCUT2D eigenvalue weighted by atomic mass is 10.1. The molecule has 0 aliphatic carbocycles. The summed E-state index contributed by atoms with van der Waals surface area (Å²) in [5, 5.41) is 1.07. The van der Waals surface area contributed by atoms with E-state index in [1.54, 1.807) is 31.6 Å². The summed E-state index contributed by atoms with van der Waals surface area (Å²) in [7, 11) is -0.795. The lowest BCUT2D eigenvalue weighted by molar-refractivity contribution is -0.130. The fourth-order valence-corrected chi connectivity index (χ4v) is 6.09. The standard InChI is InChI=1S/C29H33N5O3S/c1-21-8-9-23-16-27(31-26(23)15-21)25-17-24(10-11-28(25)34-13-4-5-14-34)38(36,37)33(3)20-29(35)32(2)19-22-7-6-12-30-18-22/h6-12,15-18,31H,4-5,13-14,19-20H2,1-3H3. The summed E-state index contributed by atoms with van der Waals surface area (Å²) in [5.74, 6) is -0.292. The second-order valence-electron chi connectivity index (χ2n) is 10.0. The molecule has 1 fully saturated rings. The normalized spacial score (nSPS) is 13.9. The van der Waals surface area contributed by atoms with E-state index in [9.17, 15) is 13.2 Å². The smallest absolute Gasteiger partial charge is 0.243 e. The van der Waals surface area contributed by atoms with Gasteiger partial charge in [-0.2, -0.15) is 4.31 Å². The van der Waals surface area contributed by atoms with E-state index in [0.29, 0.717) is 6.54 Å². The van der Waals surface area contributed by atoms with Crippen LogP contribution in [-0.4, -0.2) is 67.2 Å². The number of pyridine rings is 1. The van der Waals surface area contributed by atoms with Crippen LogP contribution in [0.4, 0.5) is 5.69 Å². The van der Waals surface area contributed by atoms with Gasteiger partial charge in [-0.1, -0.05) is 18.2 Å². The Balaban J connectivity index is 1.44. The highest BCUT2D eigenvalue weighted by molar-refractivity contribution is 7.89. The predicted octanol–water partition coefficient (Wildman–Crippen LogP) is 4.42. The summed E-state index contributed by atoms with van der Waals surface area (Å²) in [6, 6.07) is 17.3. The van der Waals surface area contributed by atoms with Gasteiger partial charge in [0.15, 0.2) is 0 Å². The fourth-order valence-electron chi connectivity index (χ4n) is 4.94. The molecule has 1 aliphatic rings. The van der Waals surface area contributed by atoms with E-state index in [1.807, 2.05) is 25.1 Å². The largest absolute Gasteiger partial charge is 0.371 e. The second-order valence-corrected chi connectivity index (χ2v) is 12.1. The first-order chi connectivity index (χ1) is 18.2. The number of hydrogen-bond donors (Lipinski definition) is 1. The summed E-state index contributed by atoms with van der Waals surface area (Å²) < 4.78 is 28.3. The van der Waals surface area contributed by atoms with Crippen LogP contribution in [0.1, 0.15) is 24.0 Å². The topological polar surface area (TPSA) is 89.6 Å². The number of hydrogen-bond acceptors (Lipinski definition) is 5. The Morgan fingerprint density at radius 3 is 2.58 bits per heavy atom. The van der Waals surface area contributed by atoms with Crippen LogP contribution in [-0.2, 0) is 21.4 Å². The molecule has 0 atom stereocenters. The van der Waals surface area contributed by atoms with Crippen molar-refractivity contribution in [1.82, 2.24) is 19.2 Å². The van der Waals surface area contributed by atoms with E-state index >= 15 is 0 Å². The highest BCUT2D eigenvalue weighted by atomic mass is 32.2. The maximum absolute atomic E-state index is 13.6. The molecule has 1 saturated heterocycles. The highest BCUT2D eigenvalue weighted by Crippen LogP contribution is 2.36. The molecule has 3 heterocycles. The molecule has 9 heteroatoms. The number of aromatic amines is 1. The van der Waals surface area contributed by atoms with E-state index < -0.39 is 10.0 Å². The van der Waals surface area contributed by atoms with Gasteiger partial charge in [0, 0.05) is 74.0 Å². The predicted molar refractivity (Wildman–Crippen MR) is 150 cm³/mol. The van der Waals surface area contributed by atoms with Crippen molar-refractivity contribution >= 4 is 32.5 Å². The summed E-state index contributed by atoms with van der Waals surface area (Å²) in [5.41, 5.74) is 5.78. The number of likely N-dealkylation sites (N-methyl/N-ethyl adjacent to an activating group) is 2. The third kappa shape index (κ3) is 5.30. The number of fused-ring (bicyclic) bond motifs is 1. The molecule has 0 spiro atoms. The van der Waals surface area contributed by atoms with E-state index in [4.69, 9.17) is 0 Å². The minimum absolute atomic E-state index is 0.162. The van der Waals surface area contributed by atoms with E-state index in [0.717, 1.165) is 69.2 Å². The van der Waals surface area contributed by atoms with Gasteiger partial charge in [0.2, 0.25) is 15.9 Å². The zero-order valence-corrected chi connectivity index (χ0v) is 22.8. The SMILES string of the molecule is Cc1ccc2cc(-c3cc(S(=O)(=O)N(C)CC(=O)N(C)Cc4cccnc4)ccc3N3CCCC3)[nH]c2c1. The first-order valence-corrected chi connectivity index (χ1v) is 14.2. The van der Waals surface area contributed by atoms with Gasteiger partial charge in [-0.05, 0) is 67.3 Å². The molecule has 1 amide bonds. The monoisotopic (exact) mass is 531 g/mol. The minimum Gasteiger partial charge on any atom is -0.371 e. The molecular weight excluding hydrogens is 498 g/mol. The van der Waals surface area contributed by atoms with Gasteiger partial charge >= 0.3 is 0 Å². The molecule has 0 unspecified atom stereocenters. The Morgan fingerprint density at radius 1 is 1.05 bits per heavy atom. The Labute approximate surface area is 224 Å². The first-order valence-electron chi connectivity index (χ1n) is 12.8. The average molecular weight is 532 g/mol. The van der Waals surface area contributed by atoms with E-state index in [2.05, 4.69) is 39.1 Å². The van der Waals surface area contributed by atoms with Gasteiger partial charge in [-0.25, -0.2) is 8.42 Å². The van der Waals surface area contributed by atoms with Crippen molar-refractivity contribution in [2.24, 2.45) is 0 Å². The van der Waals surface area contributed by atoms with Crippen LogP contribution in [0.25, 0.3) is 22.2 Å². The van der Waals surface area contributed by atoms with Gasteiger partial charge in [-0.15, -0.1) is 0 Å².